The Morgan fingerprint density at radius 3 is 2.32 bits per heavy atom. The van der Waals surface area contributed by atoms with Crippen molar-refractivity contribution in [2.75, 3.05) is 19.5 Å². The van der Waals surface area contributed by atoms with Crippen molar-refractivity contribution in [3.63, 3.8) is 0 Å². The zero-order chi connectivity index (χ0) is 20.3. The summed E-state index contributed by atoms with van der Waals surface area (Å²) in [6.45, 7) is 4.28. The number of carbonyl (C=O) groups excluding carboxylic acids is 1. The number of nitrogens with one attached hydrogen (secondary N) is 1. The lowest BCUT2D eigenvalue weighted by atomic mass is 10.1. The van der Waals surface area contributed by atoms with Crippen LogP contribution in [0.15, 0.2) is 42.5 Å². The second-order valence-electron chi connectivity index (χ2n) is 6.29. The lowest BCUT2D eigenvalue weighted by Gasteiger charge is -2.13. The number of hydrogen-bond donors (Lipinski definition) is 1. The predicted octanol–water partition coefficient (Wildman–Crippen LogP) is 4.47. The molecule has 0 unspecified atom stereocenters. The van der Waals surface area contributed by atoms with E-state index in [1.54, 1.807) is 18.2 Å². The molecule has 1 heterocycles. The number of methoxy groups -OCH3 is 2. The third kappa shape index (κ3) is 3.82. The molecule has 0 bridgehead atoms. The molecule has 0 aliphatic heterocycles. The molecular weight excluding hydrogens is 378 g/mol. The minimum atomic E-state index is -0.321. The lowest BCUT2D eigenvalue weighted by Crippen LogP contribution is -2.15. The molecular formula is C21H22ClN3O3. The van der Waals surface area contributed by atoms with Gasteiger partial charge in [-0.1, -0.05) is 35.9 Å². The average molecular weight is 400 g/mol. The van der Waals surface area contributed by atoms with Crippen LogP contribution in [0.25, 0.3) is 0 Å². The van der Waals surface area contributed by atoms with Crippen LogP contribution < -0.4 is 14.8 Å². The molecule has 146 valence electrons. The average Bonchev–Trinajstić information content (AvgIpc) is 2.96. The fraction of sp³-hybridized carbons (Fsp3) is 0.238. The minimum absolute atomic E-state index is 0.321. The molecule has 0 spiro atoms. The van der Waals surface area contributed by atoms with Gasteiger partial charge >= 0.3 is 0 Å². The van der Waals surface area contributed by atoms with Crippen molar-refractivity contribution in [2.45, 2.75) is 20.4 Å². The van der Waals surface area contributed by atoms with Gasteiger partial charge in [-0.05, 0) is 37.6 Å². The maximum atomic E-state index is 13.0. The first kappa shape index (κ1) is 19.8. The summed E-state index contributed by atoms with van der Waals surface area (Å²) in [6, 6.07) is 12.8. The second kappa shape index (κ2) is 8.35. The molecule has 0 saturated heterocycles. The summed E-state index contributed by atoms with van der Waals surface area (Å²) in [6.07, 6.45) is 0. The van der Waals surface area contributed by atoms with Gasteiger partial charge in [-0.25, -0.2) is 0 Å². The quantitative estimate of drug-likeness (QED) is 0.664. The van der Waals surface area contributed by atoms with Gasteiger partial charge in [0.2, 0.25) is 0 Å². The van der Waals surface area contributed by atoms with Gasteiger partial charge in [0, 0.05) is 5.02 Å². The number of aryl methyl sites for hydroxylation is 1. The summed E-state index contributed by atoms with van der Waals surface area (Å²) in [5.41, 5.74) is 3.50. The van der Waals surface area contributed by atoms with Gasteiger partial charge in [-0.3, -0.25) is 9.48 Å². The Labute approximate surface area is 169 Å². The molecule has 1 N–H and O–H groups in total. The van der Waals surface area contributed by atoms with Crippen LogP contribution >= 0.6 is 11.6 Å². The molecule has 2 aromatic carbocycles. The highest BCUT2D eigenvalue weighted by molar-refractivity contribution is 6.31. The van der Waals surface area contributed by atoms with E-state index in [0.717, 1.165) is 11.3 Å². The summed E-state index contributed by atoms with van der Waals surface area (Å²) < 4.78 is 12.5. The fourth-order valence-corrected chi connectivity index (χ4v) is 3.27. The molecule has 3 aromatic rings. The number of halogens is 1. The highest BCUT2D eigenvalue weighted by Gasteiger charge is 2.21. The number of benzene rings is 2. The van der Waals surface area contributed by atoms with E-state index in [0.29, 0.717) is 40.0 Å². The monoisotopic (exact) mass is 399 g/mol. The van der Waals surface area contributed by atoms with Crippen LogP contribution in [0, 0.1) is 13.8 Å². The van der Waals surface area contributed by atoms with Crippen LogP contribution in [-0.2, 0) is 6.54 Å². The Kier molecular flexibility index (Phi) is 5.90. The van der Waals surface area contributed by atoms with E-state index in [-0.39, 0.29) is 5.91 Å². The van der Waals surface area contributed by atoms with Gasteiger partial charge in [-0.2, -0.15) is 5.10 Å². The van der Waals surface area contributed by atoms with Crippen molar-refractivity contribution in [1.29, 1.82) is 0 Å². The van der Waals surface area contributed by atoms with Gasteiger partial charge in [-0.15, -0.1) is 0 Å². The van der Waals surface area contributed by atoms with Gasteiger partial charge in [0.1, 0.15) is 17.1 Å². The van der Waals surface area contributed by atoms with Gasteiger partial charge in [0.05, 0.1) is 37.8 Å². The zero-order valence-electron chi connectivity index (χ0n) is 16.2. The Hall–Kier alpha value is -2.99. The fourth-order valence-electron chi connectivity index (χ4n) is 3.07. The van der Waals surface area contributed by atoms with Crippen molar-refractivity contribution in [2.24, 2.45) is 0 Å². The van der Waals surface area contributed by atoms with Crippen LogP contribution in [0.1, 0.15) is 27.3 Å². The van der Waals surface area contributed by atoms with Crippen LogP contribution in [0.4, 0.5) is 5.69 Å². The molecule has 28 heavy (non-hydrogen) atoms. The van der Waals surface area contributed by atoms with E-state index < -0.39 is 0 Å². The van der Waals surface area contributed by atoms with Gasteiger partial charge in [0.15, 0.2) is 0 Å². The van der Waals surface area contributed by atoms with Gasteiger partial charge < -0.3 is 14.8 Å². The third-order valence-corrected chi connectivity index (χ3v) is 4.92. The third-order valence-electron chi connectivity index (χ3n) is 4.55. The first-order chi connectivity index (χ1) is 13.5. The van der Waals surface area contributed by atoms with Crippen molar-refractivity contribution in [1.82, 2.24) is 9.78 Å². The zero-order valence-corrected chi connectivity index (χ0v) is 17.0. The largest absolute Gasteiger partial charge is 0.496 e. The minimum Gasteiger partial charge on any atom is -0.496 e. The molecule has 0 radical (unpaired) electrons. The second-order valence-corrected chi connectivity index (χ2v) is 6.69. The molecule has 0 fully saturated rings. The molecule has 6 nitrogen and oxygen atoms in total. The first-order valence-electron chi connectivity index (χ1n) is 8.76. The van der Waals surface area contributed by atoms with Crippen molar-refractivity contribution in [3.05, 3.63) is 70.0 Å². The summed E-state index contributed by atoms with van der Waals surface area (Å²) in [7, 11) is 3.04. The Morgan fingerprint density at radius 1 is 1.07 bits per heavy atom. The number of aromatic nitrogens is 2. The summed E-state index contributed by atoms with van der Waals surface area (Å²) in [5, 5.41) is 8.19. The Bertz CT molecular complexity index is 992. The van der Waals surface area contributed by atoms with E-state index in [1.807, 2.05) is 42.8 Å². The van der Waals surface area contributed by atoms with Crippen LogP contribution in [0.3, 0.4) is 0 Å². The van der Waals surface area contributed by atoms with Crippen LogP contribution in [0.2, 0.25) is 5.02 Å². The topological polar surface area (TPSA) is 65.4 Å². The molecule has 0 aliphatic rings. The van der Waals surface area contributed by atoms with E-state index in [1.165, 1.54) is 14.2 Å². The molecule has 1 amide bonds. The Morgan fingerprint density at radius 2 is 1.71 bits per heavy atom. The highest BCUT2D eigenvalue weighted by atomic mass is 35.5. The SMILES string of the molecule is COc1cccc(OC)c1C(=O)Nc1c(C)nn(Cc2ccccc2Cl)c1C. The van der Waals surface area contributed by atoms with E-state index in [9.17, 15) is 4.79 Å². The molecule has 3 rings (SSSR count). The number of hydrogen-bond acceptors (Lipinski definition) is 4. The van der Waals surface area contributed by atoms with E-state index >= 15 is 0 Å². The maximum absolute atomic E-state index is 13.0. The van der Waals surface area contributed by atoms with Crippen LogP contribution in [-0.4, -0.2) is 29.9 Å². The summed E-state index contributed by atoms with van der Waals surface area (Å²) >= 11 is 6.27. The lowest BCUT2D eigenvalue weighted by molar-refractivity contribution is 0.102. The molecule has 0 aliphatic carbocycles. The first-order valence-corrected chi connectivity index (χ1v) is 9.13. The Balaban J connectivity index is 1.91. The van der Waals surface area contributed by atoms with Crippen LogP contribution in [0.5, 0.6) is 11.5 Å². The number of nitrogens with zero attached hydrogens (tertiary/aromatic N) is 2. The normalized spacial score (nSPS) is 10.6. The maximum Gasteiger partial charge on any atom is 0.263 e. The van der Waals surface area contributed by atoms with E-state index in [2.05, 4.69) is 10.4 Å². The predicted molar refractivity (Wildman–Crippen MR) is 110 cm³/mol. The number of ether oxygens (including phenoxy) is 2. The molecule has 0 atom stereocenters. The molecule has 7 heteroatoms. The standard InChI is InChI=1S/C21H22ClN3O3/c1-13-20(14(2)25(24-13)12-15-8-5-6-9-16(15)22)23-21(26)19-17(27-3)10-7-11-18(19)28-4/h5-11H,12H2,1-4H3,(H,23,26). The van der Waals surface area contributed by atoms with Crippen molar-refractivity contribution < 1.29 is 14.3 Å². The summed E-state index contributed by atoms with van der Waals surface area (Å²) in [4.78, 5) is 13.0. The smallest absolute Gasteiger partial charge is 0.263 e. The number of rotatable bonds is 6. The highest BCUT2D eigenvalue weighted by Crippen LogP contribution is 2.30. The van der Waals surface area contributed by atoms with Crippen molar-refractivity contribution in [3.8, 4) is 11.5 Å². The number of carbonyl (C=O) groups is 1. The number of anilines is 1. The molecule has 1 aromatic heterocycles. The van der Waals surface area contributed by atoms with E-state index in [4.69, 9.17) is 21.1 Å². The number of amides is 1. The van der Waals surface area contributed by atoms with Gasteiger partial charge in [0.25, 0.3) is 5.91 Å². The van der Waals surface area contributed by atoms with Crippen molar-refractivity contribution >= 4 is 23.2 Å². The summed E-state index contributed by atoms with van der Waals surface area (Å²) in [5.74, 6) is 0.559. The molecule has 0 saturated carbocycles.